The van der Waals surface area contributed by atoms with Crippen molar-refractivity contribution in [2.24, 2.45) is 0 Å². The maximum absolute atomic E-state index is 11.2. The third kappa shape index (κ3) is 2.66. The number of hydrogen-bond acceptors (Lipinski definition) is 3. The Balaban J connectivity index is 0.000000845. The van der Waals surface area contributed by atoms with Gasteiger partial charge < -0.3 is 5.32 Å². The predicted octanol–water partition coefficient (Wildman–Crippen LogP) is 0.435. The number of halogens is 1. The monoisotopic (exact) mass is 204 g/mol. The molecule has 0 radical (unpaired) electrons. The lowest BCUT2D eigenvalue weighted by atomic mass is 10.1. The summed E-state index contributed by atoms with van der Waals surface area (Å²) in [6, 6.07) is 0.634. The molecule has 2 saturated heterocycles. The lowest BCUT2D eigenvalue weighted by Crippen LogP contribution is -2.43. The van der Waals surface area contributed by atoms with E-state index in [-0.39, 0.29) is 12.4 Å². The second-order valence-electron chi connectivity index (χ2n) is 3.76. The molecule has 13 heavy (non-hydrogen) atoms. The van der Waals surface area contributed by atoms with Crippen LogP contribution in [0.4, 0.5) is 0 Å². The number of likely N-dealkylation sites (tertiary alicyclic amines) is 1. The Labute approximate surface area is 85.3 Å². The first kappa shape index (κ1) is 11.0. The van der Waals surface area contributed by atoms with Crippen LogP contribution in [0.3, 0.4) is 0 Å². The zero-order chi connectivity index (χ0) is 8.39. The van der Waals surface area contributed by atoms with Crippen molar-refractivity contribution in [2.45, 2.75) is 25.3 Å². The Morgan fingerprint density at radius 2 is 2.31 bits per heavy atom. The fourth-order valence-electron chi connectivity index (χ4n) is 2.13. The van der Waals surface area contributed by atoms with Crippen LogP contribution in [0.15, 0.2) is 0 Å². The van der Waals surface area contributed by atoms with Gasteiger partial charge >= 0.3 is 0 Å². The summed E-state index contributed by atoms with van der Waals surface area (Å²) >= 11 is 0. The predicted molar refractivity (Wildman–Crippen MR) is 54.3 cm³/mol. The molecule has 2 fully saturated rings. The summed E-state index contributed by atoms with van der Waals surface area (Å²) in [6.07, 6.45) is 3.08. The lowest BCUT2D eigenvalue weighted by molar-refractivity contribution is -0.122. The molecular weight excluding hydrogens is 188 g/mol. The van der Waals surface area contributed by atoms with Crippen LogP contribution in [0.2, 0.25) is 0 Å². The first-order valence-electron chi connectivity index (χ1n) is 4.83. The van der Waals surface area contributed by atoms with Crippen LogP contribution in [-0.4, -0.2) is 42.9 Å². The highest BCUT2D eigenvalue weighted by Crippen LogP contribution is 2.13. The number of hydrogen-bond donors (Lipinski definition) is 1. The molecule has 1 N–H and O–H groups in total. The van der Waals surface area contributed by atoms with E-state index in [1.165, 1.54) is 6.42 Å². The van der Waals surface area contributed by atoms with Crippen LogP contribution < -0.4 is 5.32 Å². The summed E-state index contributed by atoms with van der Waals surface area (Å²) in [4.78, 5) is 13.5. The molecule has 0 aromatic heterocycles. The van der Waals surface area contributed by atoms with E-state index >= 15 is 0 Å². The van der Waals surface area contributed by atoms with Gasteiger partial charge in [-0.1, -0.05) is 0 Å². The number of carbonyl (C=O) groups is 1. The van der Waals surface area contributed by atoms with Crippen molar-refractivity contribution in [3.05, 3.63) is 0 Å². The third-order valence-corrected chi connectivity index (χ3v) is 2.83. The molecule has 2 aliphatic heterocycles. The SMILES string of the molecule is Cl.O=C1CCCN(C2CCNC2)C1. The van der Waals surface area contributed by atoms with Gasteiger partial charge in [-0.15, -0.1) is 12.4 Å². The zero-order valence-corrected chi connectivity index (χ0v) is 8.61. The Hall–Kier alpha value is -0.120. The second kappa shape index (κ2) is 4.94. The molecule has 0 amide bonds. The van der Waals surface area contributed by atoms with Crippen molar-refractivity contribution in [3.63, 3.8) is 0 Å². The van der Waals surface area contributed by atoms with Crippen molar-refractivity contribution in [2.75, 3.05) is 26.2 Å². The Morgan fingerprint density at radius 1 is 1.46 bits per heavy atom. The first-order chi connectivity index (χ1) is 5.86. The van der Waals surface area contributed by atoms with Crippen LogP contribution in [0, 0.1) is 0 Å². The number of piperidine rings is 1. The summed E-state index contributed by atoms with van der Waals surface area (Å²) < 4.78 is 0. The molecular formula is C9H17ClN2O. The fraction of sp³-hybridized carbons (Fsp3) is 0.889. The molecule has 2 heterocycles. The molecule has 2 rings (SSSR count). The van der Waals surface area contributed by atoms with Gasteiger partial charge in [-0.3, -0.25) is 9.69 Å². The highest BCUT2D eigenvalue weighted by atomic mass is 35.5. The first-order valence-corrected chi connectivity index (χ1v) is 4.83. The van der Waals surface area contributed by atoms with E-state index < -0.39 is 0 Å². The summed E-state index contributed by atoms with van der Waals surface area (Å²) in [6.45, 7) is 4.02. The van der Waals surface area contributed by atoms with E-state index in [0.29, 0.717) is 18.4 Å². The summed E-state index contributed by atoms with van der Waals surface area (Å²) in [5.74, 6) is 0.424. The zero-order valence-electron chi connectivity index (χ0n) is 7.79. The number of rotatable bonds is 1. The summed E-state index contributed by atoms with van der Waals surface area (Å²) in [5.41, 5.74) is 0. The smallest absolute Gasteiger partial charge is 0.146 e. The van der Waals surface area contributed by atoms with Crippen LogP contribution in [-0.2, 0) is 4.79 Å². The van der Waals surface area contributed by atoms with Crippen LogP contribution >= 0.6 is 12.4 Å². The number of nitrogens with one attached hydrogen (secondary N) is 1. The lowest BCUT2D eigenvalue weighted by Gasteiger charge is -2.30. The van der Waals surface area contributed by atoms with Gasteiger partial charge in [0.25, 0.3) is 0 Å². The highest BCUT2D eigenvalue weighted by molar-refractivity contribution is 5.85. The number of nitrogens with zero attached hydrogens (tertiary/aromatic N) is 1. The maximum Gasteiger partial charge on any atom is 0.146 e. The van der Waals surface area contributed by atoms with E-state index in [0.717, 1.165) is 32.5 Å². The minimum absolute atomic E-state index is 0. The topological polar surface area (TPSA) is 32.3 Å². The standard InChI is InChI=1S/C9H16N2O.ClH/c12-9-2-1-5-11(7-9)8-3-4-10-6-8;/h8,10H,1-7H2;1H. The average molecular weight is 205 g/mol. The van der Waals surface area contributed by atoms with Crippen LogP contribution in [0.25, 0.3) is 0 Å². The summed E-state index contributed by atoms with van der Waals surface area (Å²) in [5, 5.41) is 3.33. The van der Waals surface area contributed by atoms with Crippen molar-refractivity contribution in [1.29, 1.82) is 0 Å². The molecule has 76 valence electrons. The number of Topliss-reactive ketones (excluding diaryl/α,β-unsaturated/α-hetero) is 1. The molecule has 1 unspecified atom stereocenters. The van der Waals surface area contributed by atoms with Crippen molar-refractivity contribution >= 4 is 18.2 Å². The number of ketones is 1. The van der Waals surface area contributed by atoms with E-state index in [2.05, 4.69) is 10.2 Å². The van der Waals surface area contributed by atoms with Crippen molar-refractivity contribution < 1.29 is 4.79 Å². The quantitative estimate of drug-likeness (QED) is 0.673. The molecule has 0 aromatic rings. The van der Waals surface area contributed by atoms with E-state index in [1.807, 2.05) is 0 Å². The Bertz CT molecular complexity index is 180. The molecule has 1 atom stereocenters. The molecule has 0 bridgehead atoms. The van der Waals surface area contributed by atoms with E-state index in [9.17, 15) is 4.79 Å². The van der Waals surface area contributed by atoms with Gasteiger partial charge in [0.15, 0.2) is 0 Å². The molecule has 3 nitrogen and oxygen atoms in total. The number of carbonyl (C=O) groups excluding carboxylic acids is 1. The van der Waals surface area contributed by atoms with Gasteiger partial charge in [-0.25, -0.2) is 0 Å². The Kier molecular flexibility index (Phi) is 4.16. The van der Waals surface area contributed by atoms with E-state index in [1.54, 1.807) is 0 Å². The van der Waals surface area contributed by atoms with Gasteiger partial charge in [0.1, 0.15) is 5.78 Å². The fourth-order valence-corrected chi connectivity index (χ4v) is 2.13. The van der Waals surface area contributed by atoms with Crippen LogP contribution in [0.1, 0.15) is 19.3 Å². The maximum atomic E-state index is 11.2. The second-order valence-corrected chi connectivity index (χ2v) is 3.76. The van der Waals surface area contributed by atoms with Gasteiger partial charge in [0, 0.05) is 19.0 Å². The molecule has 0 saturated carbocycles. The Morgan fingerprint density at radius 3 is 2.92 bits per heavy atom. The highest BCUT2D eigenvalue weighted by Gasteiger charge is 2.26. The van der Waals surface area contributed by atoms with Gasteiger partial charge in [-0.05, 0) is 25.9 Å². The molecule has 0 spiro atoms. The molecule has 0 aromatic carbocycles. The third-order valence-electron chi connectivity index (χ3n) is 2.83. The molecule has 0 aliphatic carbocycles. The van der Waals surface area contributed by atoms with Gasteiger partial charge in [0.2, 0.25) is 0 Å². The average Bonchev–Trinajstić information content (AvgIpc) is 2.56. The van der Waals surface area contributed by atoms with Crippen molar-refractivity contribution in [1.82, 2.24) is 10.2 Å². The normalized spacial score (nSPS) is 30.2. The summed E-state index contributed by atoms with van der Waals surface area (Å²) in [7, 11) is 0. The largest absolute Gasteiger partial charge is 0.315 e. The van der Waals surface area contributed by atoms with Gasteiger partial charge in [0.05, 0.1) is 6.54 Å². The minimum atomic E-state index is 0. The van der Waals surface area contributed by atoms with Crippen molar-refractivity contribution in [3.8, 4) is 0 Å². The van der Waals surface area contributed by atoms with Crippen LogP contribution in [0.5, 0.6) is 0 Å². The molecule has 2 aliphatic rings. The van der Waals surface area contributed by atoms with E-state index in [4.69, 9.17) is 0 Å². The molecule has 4 heteroatoms. The van der Waals surface area contributed by atoms with Gasteiger partial charge in [-0.2, -0.15) is 0 Å². The minimum Gasteiger partial charge on any atom is -0.315 e.